The molecule has 4 rings (SSSR count). The molecule has 0 unspecified atom stereocenters. The van der Waals surface area contributed by atoms with Crippen LogP contribution in [-0.4, -0.2) is 56.1 Å². The number of nitrogens with zero attached hydrogens (tertiary/aromatic N) is 2. The standard InChI is InChI=1S/C30H38FN3.C3H9N.2C2H4/c1-22(2)17-24-5-4-6-25(18-24)20-34-15-13-30(21-32,14-16-34)33-29-19-27(31)11-12-28(29)26-9-7-23(3)8-10-26;1-4(2)3;2*1-2/h4-12,18-19,22,33H,13-17,20-21,32H2,1-3H3;1-3H3;2*1-2H2. The summed E-state index contributed by atoms with van der Waals surface area (Å²) in [5.41, 5.74) is 13.0. The molecule has 0 atom stereocenters. The highest BCUT2D eigenvalue weighted by atomic mass is 19.1. The van der Waals surface area contributed by atoms with Crippen molar-refractivity contribution in [1.82, 2.24) is 9.80 Å². The average molecular weight is 575 g/mol. The summed E-state index contributed by atoms with van der Waals surface area (Å²) in [6, 6.07) is 22.4. The summed E-state index contributed by atoms with van der Waals surface area (Å²) in [6.07, 6.45) is 2.98. The van der Waals surface area contributed by atoms with Crippen LogP contribution in [-0.2, 0) is 13.0 Å². The second kappa shape index (κ2) is 19.0. The molecule has 4 nitrogen and oxygen atoms in total. The fraction of sp³-hybridized carbons (Fsp3) is 0.405. The molecule has 1 aliphatic heterocycles. The maximum atomic E-state index is 14.2. The molecule has 0 aliphatic carbocycles. The highest BCUT2D eigenvalue weighted by Crippen LogP contribution is 2.34. The first kappa shape index (κ1) is 36.8. The number of hydrogen-bond acceptors (Lipinski definition) is 4. The van der Waals surface area contributed by atoms with Crippen molar-refractivity contribution in [3.05, 3.63) is 116 Å². The number of nitrogens with one attached hydrogen (secondary N) is 1. The van der Waals surface area contributed by atoms with E-state index in [0.717, 1.165) is 55.7 Å². The lowest BCUT2D eigenvalue weighted by Gasteiger charge is -2.43. The molecule has 0 bridgehead atoms. The molecule has 42 heavy (non-hydrogen) atoms. The van der Waals surface area contributed by atoms with Gasteiger partial charge in [0.2, 0.25) is 0 Å². The van der Waals surface area contributed by atoms with Crippen LogP contribution in [0.25, 0.3) is 11.1 Å². The fourth-order valence-corrected chi connectivity index (χ4v) is 4.99. The second-order valence-electron chi connectivity index (χ2n) is 11.7. The Bertz CT molecular complexity index is 1160. The Kier molecular flexibility index (Phi) is 16.7. The quantitative estimate of drug-likeness (QED) is 0.266. The molecule has 3 aromatic rings. The third kappa shape index (κ3) is 12.3. The van der Waals surface area contributed by atoms with E-state index < -0.39 is 0 Å². The number of anilines is 1. The number of benzene rings is 3. The summed E-state index contributed by atoms with van der Waals surface area (Å²) in [5, 5.41) is 3.69. The number of hydrogen-bond donors (Lipinski definition) is 2. The van der Waals surface area contributed by atoms with Crippen molar-refractivity contribution in [2.24, 2.45) is 11.7 Å². The van der Waals surface area contributed by atoms with Crippen LogP contribution in [0.3, 0.4) is 0 Å². The molecular weight excluding hydrogens is 519 g/mol. The third-order valence-electron chi connectivity index (χ3n) is 6.99. The molecule has 0 spiro atoms. The first-order valence-electron chi connectivity index (χ1n) is 14.8. The Balaban J connectivity index is 0.000000998. The Morgan fingerprint density at radius 1 is 0.905 bits per heavy atom. The third-order valence-corrected chi connectivity index (χ3v) is 6.99. The van der Waals surface area contributed by atoms with E-state index in [1.807, 2.05) is 32.1 Å². The summed E-state index contributed by atoms with van der Waals surface area (Å²) >= 11 is 0. The second-order valence-corrected chi connectivity index (χ2v) is 11.7. The van der Waals surface area contributed by atoms with Crippen molar-refractivity contribution < 1.29 is 4.39 Å². The van der Waals surface area contributed by atoms with Crippen LogP contribution in [0.15, 0.2) is 93.0 Å². The minimum absolute atomic E-state index is 0.232. The van der Waals surface area contributed by atoms with Crippen LogP contribution in [0.1, 0.15) is 43.4 Å². The zero-order valence-corrected chi connectivity index (χ0v) is 27.1. The zero-order valence-electron chi connectivity index (χ0n) is 27.1. The maximum absolute atomic E-state index is 14.2. The molecule has 0 aromatic heterocycles. The lowest BCUT2D eigenvalue weighted by atomic mass is 9.86. The smallest absolute Gasteiger partial charge is 0.125 e. The van der Waals surface area contributed by atoms with Gasteiger partial charge in [0.25, 0.3) is 0 Å². The minimum atomic E-state index is -0.233. The van der Waals surface area contributed by atoms with Crippen LogP contribution in [0.2, 0.25) is 0 Å². The molecule has 1 fully saturated rings. The van der Waals surface area contributed by atoms with Gasteiger partial charge in [0.15, 0.2) is 0 Å². The monoisotopic (exact) mass is 574 g/mol. The van der Waals surface area contributed by atoms with E-state index in [2.05, 4.69) is 106 Å². The van der Waals surface area contributed by atoms with E-state index in [4.69, 9.17) is 5.73 Å². The summed E-state index contributed by atoms with van der Waals surface area (Å²) in [5.74, 6) is 0.429. The van der Waals surface area contributed by atoms with E-state index in [1.54, 1.807) is 6.07 Å². The van der Waals surface area contributed by atoms with Crippen molar-refractivity contribution in [1.29, 1.82) is 0 Å². The molecule has 3 aromatic carbocycles. The molecule has 5 heteroatoms. The Morgan fingerprint density at radius 2 is 1.48 bits per heavy atom. The first-order chi connectivity index (χ1) is 20.1. The minimum Gasteiger partial charge on any atom is -0.378 e. The topological polar surface area (TPSA) is 44.5 Å². The highest BCUT2D eigenvalue weighted by Gasteiger charge is 2.34. The number of halogens is 1. The van der Waals surface area contributed by atoms with Gasteiger partial charge in [0.1, 0.15) is 5.82 Å². The van der Waals surface area contributed by atoms with Crippen LogP contribution >= 0.6 is 0 Å². The summed E-state index contributed by atoms with van der Waals surface area (Å²) in [7, 11) is 6.00. The van der Waals surface area contributed by atoms with Gasteiger partial charge >= 0.3 is 0 Å². The van der Waals surface area contributed by atoms with Gasteiger partial charge in [-0.25, -0.2) is 4.39 Å². The summed E-state index contributed by atoms with van der Waals surface area (Å²) in [6.45, 7) is 22.0. The van der Waals surface area contributed by atoms with E-state index >= 15 is 0 Å². The van der Waals surface area contributed by atoms with Gasteiger partial charge in [0, 0.05) is 37.4 Å². The van der Waals surface area contributed by atoms with Gasteiger partial charge in [-0.3, -0.25) is 4.90 Å². The lowest BCUT2D eigenvalue weighted by Crippen LogP contribution is -2.53. The fourth-order valence-electron chi connectivity index (χ4n) is 4.99. The molecule has 230 valence electrons. The number of nitrogens with two attached hydrogens (primary N) is 1. The van der Waals surface area contributed by atoms with Crippen molar-refractivity contribution in [2.75, 3.05) is 46.1 Å². The first-order valence-corrected chi connectivity index (χ1v) is 14.8. The van der Waals surface area contributed by atoms with Crippen LogP contribution in [0, 0.1) is 18.7 Å². The van der Waals surface area contributed by atoms with E-state index in [9.17, 15) is 4.39 Å². The number of rotatable bonds is 8. The zero-order chi connectivity index (χ0) is 31.7. The summed E-state index contributed by atoms with van der Waals surface area (Å²) < 4.78 is 14.2. The van der Waals surface area contributed by atoms with Crippen molar-refractivity contribution >= 4 is 5.69 Å². The van der Waals surface area contributed by atoms with Gasteiger partial charge in [-0.1, -0.05) is 67.9 Å². The molecule has 0 radical (unpaired) electrons. The Labute approximate surface area is 256 Å². The molecule has 1 saturated heterocycles. The Morgan fingerprint density at radius 3 is 2.02 bits per heavy atom. The molecule has 1 heterocycles. The predicted octanol–water partition coefficient (Wildman–Crippen LogP) is 8.19. The number of aryl methyl sites for hydroxylation is 1. The average Bonchev–Trinajstić information content (AvgIpc) is 2.97. The van der Waals surface area contributed by atoms with Crippen molar-refractivity contribution in [2.45, 2.75) is 52.1 Å². The number of piperidine rings is 1. The maximum Gasteiger partial charge on any atom is 0.125 e. The molecule has 3 N–H and O–H groups in total. The molecular formula is C37H55FN4. The van der Waals surface area contributed by atoms with Gasteiger partial charge in [-0.05, 0) is 88.1 Å². The lowest BCUT2D eigenvalue weighted by molar-refractivity contribution is 0.170. The van der Waals surface area contributed by atoms with Crippen LogP contribution in [0.5, 0.6) is 0 Å². The van der Waals surface area contributed by atoms with Crippen molar-refractivity contribution in [3.63, 3.8) is 0 Å². The van der Waals surface area contributed by atoms with Crippen LogP contribution in [0.4, 0.5) is 10.1 Å². The largest absolute Gasteiger partial charge is 0.378 e. The molecule has 0 saturated carbocycles. The van der Waals surface area contributed by atoms with E-state index in [1.165, 1.54) is 22.8 Å². The number of likely N-dealkylation sites (tertiary alicyclic amines) is 1. The molecule has 1 aliphatic rings. The predicted molar refractivity (Wildman–Crippen MR) is 184 cm³/mol. The SMILES string of the molecule is C=C.C=C.CN(C)C.Cc1ccc(-c2ccc(F)cc2NC2(CN)CCN(Cc3cccc(CC(C)C)c3)CC2)cc1. The summed E-state index contributed by atoms with van der Waals surface area (Å²) in [4.78, 5) is 4.51. The van der Waals surface area contributed by atoms with Gasteiger partial charge in [0.05, 0.1) is 5.54 Å². The van der Waals surface area contributed by atoms with Gasteiger partial charge < -0.3 is 16.0 Å². The van der Waals surface area contributed by atoms with Crippen LogP contribution < -0.4 is 11.1 Å². The molecule has 0 amide bonds. The normalized spacial score (nSPS) is 14.0. The van der Waals surface area contributed by atoms with E-state index in [-0.39, 0.29) is 11.4 Å². The van der Waals surface area contributed by atoms with Gasteiger partial charge in [-0.2, -0.15) is 0 Å². The highest BCUT2D eigenvalue weighted by molar-refractivity contribution is 5.78. The van der Waals surface area contributed by atoms with Gasteiger partial charge in [-0.15, -0.1) is 26.3 Å². The van der Waals surface area contributed by atoms with E-state index in [0.29, 0.717) is 12.5 Å². The van der Waals surface area contributed by atoms with Crippen molar-refractivity contribution in [3.8, 4) is 11.1 Å². The Hall–Kier alpha value is -3.25.